The van der Waals surface area contributed by atoms with Crippen LogP contribution in [0.5, 0.6) is 0 Å². The summed E-state index contributed by atoms with van der Waals surface area (Å²) in [7, 11) is 0. The Labute approximate surface area is 194 Å². The van der Waals surface area contributed by atoms with Crippen molar-refractivity contribution in [3.63, 3.8) is 0 Å². The summed E-state index contributed by atoms with van der Waals surface area (Å²) < 4.78 is 0. The summed E-state index contributed by atoms with van der Waals surface area (Å²) in [5.74, 6) is 1.76. The van der Waals surface area contributed by atoms with Gasteiger partial charge in [-0.3, -0.25) is 14.5 Å². The van der Waals surface area contributed by atoms with E-state index in [4.69, 9.17) is 0 Å². The fourth-order valence-electron chi connectivity index (χ4n) is 4.33. The molecule has 2 aromatic rings. The average Bonchev–Trinajstić information content (AvgIpc) is 3.01. The number of piperazine rings is 1. The first-order valence-corrected chi connectivity index (χ1v) is 11.4. The molecule has 0 aliphatic carbocycles. The second kappa shape index (κ2) is 8.80. The summed E-state index contributed by atoms with van der Waals surface area (Å²) in [6.07, 6.45) is 6.23. The van der Waals surface area contributed by atoms with Crippen LogP contribution in [0.3, 0.4) is 0 Å². The monoisotopic (exact) mass is 449 g/mol. The Hall–Kier alpha value is -3.49. The lowest BCUT2D eigenvalue weighted by atomic mass is 9.88. The molecule has 2 aliphatic rings. The van der Waals surface area contributed by atoms with Crippen molar-refractivity contribution in [3.05, 3.63) is 41.9 Å². The third-order valence-corrected chi connectivity index (χ3v) is 6.45. The number of carbonyl (C=O) groups is 2. The molecule has 0 spiro atoms. The Morgan fingerprint density at radius 1 is 1.15 bits per heavy atom. The van der Waals surface area contributed by atoms with E-state index in [9.17, 15) is 9.59 Å². The van der Waals surface area contributed by atoms with Crippen molar-refractivity contribution in [2.75, 3.05) is 41.3 Å². The minimum Gasteiger partial charge on any atom is -0.367 e. The average molecular weight is 450 g/mol. The molecule has 9 nitrogen and oxygen atoms in total. The molecular formula is C24H31N7O2. The van der Waals surface area contributed by atoms with Crippen LogP contribution in [-0.2, 0) is 15.0 Å². The molecule has 2 aliphatic heterocycles. The maximum Gasteiger partial charge on any atom is 0.242 e. The van der Waals surface area contributed by atoms with Gasteiger partial charge in [-0.1, -0.05) is 13.0 Å². The number of hydrogen-bond donors (Lipinski definition) is 1. The van der Waals surface area contributed by atoms with E-state index >= 15 is 0 Å². The van der Waals surface area contributed by atoms with Gasteiger partial charge in [0.15, 0.2) is 0 Å². The van der Waals surface area contributed by atoms with E-state index in [0.717, 1.165) is 49.5 Å². The molecule has 174 valence electrons. The number of rotatable bonds is 5. The molecule has 0 atom stereocenters. The molecule has 2 aromatic heterocycles. The number of anilines is 4. The second-order valence-electron chi connectivity index (χ2n) is 8.85. The predicted molar refractivity (Wildman–Crippen MR) is 129 cm³/mol. The Bertz CT molecular complexity index is 1090. The maximum absolute atomic E-state index is 13.1. The van der Waals surface area contributed by atoms with E-state index in [1.807, 2.05) is 57.0 Å². The van der Waals surface area contributed by atoms with E-state index in [2.05, 4.69) is 25.2 Å². The van der Waals surface area contributed by atoms with E-state index in [-0.39, 0.29) is 11.8 Å². The van der Waals surface area contributed by atoms with Gasteiger partial charge in [0.25, 0.3) is 0 Å². The van der Waals surface area contributed by atoms with Gasteiger partial charge in [0, 0.05) is 50.6 Å². The second-order valence-corrected chi connectivity index (χ2v) is 8.85. The van der Waals surface area contributed by atoms with Crippen molar-refractivity contribution in [1.82, 2.24) is 19.9 Å². The first kappa shape index (κ1) is 22.7. The van der Waals surface area contributed by atoms with Crippen LogP contribution in [0.1, 0.15) is 46.6 Å². The van der Waals surface area contributed by atoms with Gasteiger partial charge in [0.2, 0.25) is 17.8 Å². The van der Waals surface area contributed by atoms with Crippen molar-refractivity contribution in [2.24, 2.45) is 0 Å². The highest BCUT2D eigenvalue weighted by atomic mass is 16.2. The highest BCUT2D eigenvalue weighted by Crippen LogP contribution is 2.42. The van der Waals surface area contributed by atoms with Crippen LogP contribution in [0.15, 0.2) is 36.3 Å². The number of allylic oxidation sites excluding steroid dienone is 2. The van der Waals surface area contributed by atoms with Crippen LogP contribution in [0, 0.1) is 0 Å². The van der Waals surface area contributed by atoms with Crippen LogP contribution in [0.2, 0.25) is 0 Å². The number of nitrogens with one attached hydrogen (secondary N) is 1. The molecule has 1 saturated heterocycles. The number of pyridine rings is 1. The van der Waals surface area contributed by atoms with Gasteiger partial charge in [0.05, 0.1) is 17.3 Å². The van der Waals surface area contributed by atoms with Gasteiger partial charge in [-0.15, -0.1) is 0 Å². The summed E-state index contributed by atoms with van der Waals surface area (Å²) in [6, 6.07) is 3.89. The fraction of sp³-hybridized carbons (Fsp3) is 0.458. The molecule has 0 radical (unpaired) electrons. The molecule has 0 bridgehead atoms. The smallest absolute Gasteiger partial charge is 0.242 e. The summed E-state index contributed by atoms with van der Waals surface area (Å²) in [5.41, 5.74) is 2.07. The standard InChI is InChI=1S/C24H31N7O2/c1-6-17(7-2)31-21-19(24(4,5)22(31)33)15-26-23(28-21)27-20-9-8-18(14-25-20)30-12-10-29(11-13-30)16(3)32/h6,8-9,14-15H,7,10-13H2,1-5H3,(H,25,26,27,28)/b17-6+. The van der Waals surface area contributed by atoms with Crippen molar-refractivity contribution in [2.45, 2.75) is 46.5 Å². The first-order valence-electron chi connectivity index (χ1n) is 11.4. The summed E-state index contributed by atoms with van der Waals surface area (Å²) in [5, 5.41) is 3.16. The fourth-order valence-corrected chi connectivity index (χ4v) is 4.33. The van der Waals surface area contributed by atoms with Crippen LogP contribution >= 0.6 is 0 Å². The SMILES string of the molecule is C/C=C(\CC)N1C(=O)C(C)(C)c2cnc(Nc3ccc(N4CCN(C(C)=O)CC4)cn3)nc21. The zero-order valence-corrected chi connectivity index (χ0v) is 19.9. The Morgan fingerprint density at radius 3 is 2.45 bits per heavy atom. The van der Waals surface area contributed by atoms with Crippen molar-refractivity contribution in [3.8, 4) is 0 Å². The van der Waals surface area contributed by atoms with E-state index in [1.54, 1.807) is 18.0 Å². The quantitative estimate of drug-likeness (QED) is 0.749. The summed E-state index contributed by atoms with van der Waals surface area (Å²) in [6.45, 7) is 12.4. The molecule has 0 unspecified atom stereocenters. The summed E-state index contributed by atoms with van der Waals surface area (Å²) in [4.78, 5) is 44.1. The minimum absolute atomic E-state index is 0.00579. The molecular weight excluding hydrogens is 418 g/mol. The lowest BCUT2D eigenvalue weighted by molar-refractivity contribution is -0.129. The highest BCUT2D eigenvalue weighted by molar-refractivity contribution is 6.08. The van der Waals surface area contributed by atoms with Crippen molar-refractivity contribution in [1.29, 1.82) is 0 Å². The van der Waals surface area contributed by atoms with Gasteiger partial charge >= 0.3 is 0 Å². The van der Waals surface area contributed by atoms with Gasteiger partial charge in [-0.2, -0.15) is 4.98 Å². The number of fused-ring (bicyclic) bond motifs is 1. The van der Waals surface area contributed by atoms with Crippen LogP contribution in [0.25, 0.3) is 0 Å². The largest absolute Gasteiger partial charge is 0.367 e. The molecule has 0 aromatic carbocycles. The topological polar surface area (TPSA) is 94.6 Å². The number of carbonyl (C=O) groups excluding carboxylic acids is 2. The Balaban J connectivity index is 1.52. The van der Waals surface area contributed by atoms with Crippen molar-refractivity contribution >= 4 is 35.1 Å². The van der Waals surface area contributed by atoms with Crippen LogP contribution in [-0.4, -0.2) is 57.8 Å². The number of hydrogen-bond acceptors (Lipinski definition) is 7. The van der Waals surface area contributed by atoms with Crippen molar-refractivity contribution < 1.29 is 9.59 Å². The van der Waals surface area contributed by atoms with Crippen LogP contribution < -0.4 is 15.1 Å². The van der Waals surface area contributed by atoms with Gasteiger partial charge in [0.1, 0.15) is 11.6 Å². The lowest BCUT2D eigenvalue weighted by Gasteiger charge is -2.35. The molecule has 33 heavy (non-hydrogen) atoms. The molecule has 2 amide bonds. The van der Waals surface area contributed by atoms with Crippen LogP contribution in [0.4, 0.5) is 23.3 Å². The summed E-state index contributed by atoms with van der Waals surface area (Å²) >= 11 is 0. The van der Waals surface area contributed by atoms with Gasteiger partial charge in [-0.05, 0) is 39.3 Å². The third kappa shape index (κ3) is 4.15. The zero-order valence-electron chi connectivity index (χ0n) is 19.9. The number of aromatic nitrogens is 3. The van der Waals surface area contributed by atoms with Gasteiger partial charge in [-0.25, -0.2) is 9.97 Å². The molecule has 1 fully saturated rings. The highest BCUT2D eigenvalue weighted by Gasteiger charge is 2.46. The first-order chi connectivity index (χ1) is 15.8. The lowest BCUT2D eigenvalue weighted by Crippen LogP contribution is -2.48. The molecule has 4 rings (SSSR count). The Morgan fingerprint density at radius 2 is 1.88 bits per heavy atom. The number of amides is 2. The van der Waals surface area contributed by atoms with E-state index < -0.39 is 5.41 Å². The molecule has 1 N–H and O–H groups in total. The van der Waals surface area contributed by atoms with E-state index in [1.165, 1.54) is 0 Å². The third-order valence-electron chi connectivity index (χ3n) is 6.45. The zero-order chi connectivity index (χ0) is 23.8. The molecule has 9 heteroatoms. The number of nitrogens with zero attached hydrogens (tertiary/aromatic N) is 6. The van der Waals surface area contributed by atoms with Gasteiger partial charge < -0.3 is 15.1 Å². The van der Waals surface area contributed by atoms with E-state index in [0.29, 0.717) is 17.6 Å². The Kier molecular flexibility index (Phi) is 6.05. The molecule has 0 saturated carbocycles. The predicted octanol–water partition coefficient (Wildman–Crippen LogP) is 3.22. The molecule has 4 heterocycles. The maximum atomic E-state index is 13.1. The normalized spacial score (nSPS) is 17.9. The minimum atomic E-state index is -0.677.